The highest BCUT2D eigenvalue weighted by atomic mass is 79.9. The summed E-state index contributed by atoms with van der Waals surface area (Å²) < 4.78 is 32.5. The summed E-state index contributed by atoms with van der Waals surface area (Å²) in [5, 5.41) is 17.9. The van der Waals surface area contributed by atoms with Crippen LogP contribution in [0.5, 0.6) is 17.2 Å². The van der Waals surface area contributed by atoms with E-state index in [-0.39, 0.29) is 77.2 Å². The number of rotatable bonds is 10. The number of nitrogens with zero attached hydrogens (tertiary/aromatic N) is 2. The second kappa shape index (κ2) is 12.4. The van der Waals surface area contributed by atoms with Crippen LogP contribution >= 0.6 is 17.0 Å². The number of halogens is 2. The Morgan fingerprint density at radius 1 is 1.12 bits per heavy atom. The summed E-state index contributed by atoms with van der Waals surface area (Å²) in [5.74, 6) is -0.964. The summed E-state index contributed by atoms with van der Waals surface area (Å²) >= 11 is 0. The number of fused-ring (bicyclic) bond motifs is 2. The molecule has 4 rings (SSSR count). The number of amidine groups is 1. The molecule has 2 heterocycles. The van der Waals surface area contributed by atoms with Gasteiger partial charge in [-0.05, 0) is 43.0 Å². The summed E-state index contributed by atoms with van der Waals surface area (Å²) in [6.45, 7) is 11.5. The van der Waals surface area contributed by atoms with Gasteiger partial charge in [-0.2, -0.15) is 0 Å². The number of anilines is 1. The van der Waals surface area contributed by atoms with Crippen LogP contribution in [0.4, 0.5) is 10.1 Å². The van der Waals surface area contributed by atoms with Gasteiger partial charge in [0.2, 0.25) is 0 Å². The first-order valence-electron chi connectivity index (χ1n) is 13.2. The quantitative estimate of drug-likeness (QED) is 0.348. The fourth-order valence-corrected chi connectivity index (χ4v) is 4.98. The molecule has 0 aromatic heterocycles. The van der Waals surface area contributed by atoms with E-state index in [0.29, 0.717) is 48.9 Å². The van der Waals surface area contributed by atoms with Crippen molar-refractivity contribution in [3.8, 4) is 17.2 Å². The minimum atomic E-state index is -0.898. The number of ketones is 1. The zero-order valence-corrected chi connectivity index (χ0v) is 25.3. The van der Waals surface area contributed by atoms with E-state index in [1.54, 1.807) is 26.0 Å². The lowest BCUT2D eigenvalue weighted by atomic mass is 9.84. The maximum Gasteiger partial charge on any atom is 0.305 e. The van der Waals surface area contributed by atoms with Crippen molar-refractivity contribution in [1.29, 1.82) is 5.41 Å². The maximum absolute atomic E-state index is 15.5. The third-order valence-corrected chi connectivity index (χ3v) is 6.85. The van der Waals surface area contributed by atoms with Crippen LogP contribution in [0.3, 0.4) is 0 Å². The van der Waals surface area contributed by atoms with E-state index in [1.807, 2.05) is 31.7 Å². The summed E-state index contributed by atoms with van der Waals surface area (Å²) in [5.41, 5.74) is 2.29. The molecule has 0 unspecified atom stereocenters. The van der Waals surface area contributed by atoms with Crippen molar-refractivity contribution in [2.24, 2.45) is 0 Å². The largest absolute Gasteiger partial charge is 0.490 e. The zero-order chi connectivity index (χ0) is 28.5. The van der Waals surface area contributed by atoms with Gasteiger partial charge in [0, 0.05) is 24.2 Å². The molecule has 40 heavy (non-hydrogen) atoms. The van der Waals surface area contributed by atoms with E-state index in [1.165, 1.54) is 4.90 Å². The predicted molar refractivity (Wildman–Crippen MR) is 156 cm³/mol. The van der Waals surface area contributed by atoms with Crippen LogP contribution in [-0.4, -0.2) is 67.0 Å². The molecule has 0 amide bonds. The number of benzene rings is 2. The van der Waals surface area contributed by atoms with Crippen molar-refractivity contribution < 1.29 is 33.3 Å². The Hall–Kier alpha value is -3.34. The highest BCUT2D eigenvalue weighted by Gasteiger charge is 2.34. The Labute approximate surface area is 244 Å². The molecule has 2 aliphatic rings. The van der Waals surface area contributed by atoms with Crippen LogP contribution in [0.1, 0.15) is 68.1 Å². The maximum atomic E-state index is 15.5. The number of Topliss-reactive ketones (excluding diaryl/α,β-unsaturated/α-hetero) is 1. The standard InChI is InChI=1S/C29H36FN3O6.BrH/c1-6-37-22-14-18-15-33(28(31)24(18)25(30)27(22)38-7-2)16-21(34)17-12-19(29(3,4)5)26-20(13-17)32(10-11-39-26)9-8-23(35)36;/h12-14,31H,6-11,15-16H2,1-5H3,(H,35,36);1H. The molecule has 0 saturated heterocycles. The Morgan fingerprint density at radius 2 is 1.82 bits per heavy atom. The first-order valence-corrected chi connectivity index (χ1v) is 13.2. The molecule has 0 radical (unpaired) electrons. The van der Waals surface area contributed by atoms with Crippen molar-refractivity contribution >= 4 is 40.3 Å². The Balaban J connectivity index is 0.00000441. The van der Waals surface area contributed by atoms with Crippen molar-refractivity contribution in [3.05, 3.63) is 46.3 Å². The second-order valence-corrected chi connectivity index (χ2v) is 10.6. The average Bonchev–Trinajstić information content (AvgIpc) is 3.18. The van der Waals surface area contributed by atoms with Crippen LogP contribution in [-0.2, 0) is 16.8 Å². The molecule has 0 bridgehead atoms. The van der Waals surface area contributed by atoms with Crippen LogP contribution < -0.4 is 19.1 Å². The van der Waals surface area contributed by atoms with Gasteiger partial charge in [0.1, 0.15) is 18.2 Å². The van der Waals surface area contributed by atoms with E-state index < -0.39 is 11.8 Å². The van der Waals surface area contributed by atoms with E-state index in [0.717, 1.165) is 5.56 Å². The number of aliphatic carboxylic acids is 1. The number of hydrogen-bond acceptors (Lipinski definition) is 7. The lowest BCUT2D eigenvalue weighted by Crippen LogP contribution is -2.36. The summed E-state index contributed by atoms with van der Waals surface area (Å²) in [4.78, 5) is 28.3. The molecule has 0 fully saturated rings. The van der Waals surface area contributed by atoms with Gasteiger partial charge in [0.25, 0.3) is 0 Å². The molecule has 2 aromatic carbocycles. The first-order chi connectivity index (χ1) is 18.5. The molecule has 2 aliphatic heterocycles. The van der Waals surface area contributed by atoms with Crippen LogP contribution in [0.25, 0.3) is 0 Å². The minimum absolute atomic E-state index is 0. The highest BCUT2D eigenvalue weighted by molar-refractivity contribution is 8.93. The number of carboxylic acid groups (broad SMARTS) is 1. The molecule has 218 valence electrons. The summed E-state index contributed by atoms with van der Waals surface area (Å²) in [6, 6.07) is 5.23. The molecular formula is C29H37BrFN3O6. The molecule has 2 aromatic rings. The smallest absolute Gasteiger partial charge is 0.305 e. The van der Waals surface area contributed by atoms with Crippen LogP contribution in [0.15, 0.2) is 18.2 Å². The number of carboxylic acids is 1. The van der Waals surface area contributed by atoms with Crippen LogP contribution in [0, 0.1) is 11.2 Å². The number of carbonyl (C=O) groups is 2. The molecular weight excluding hydrogens is 585 g/mol. The van der Waals surface area contributed by atoms with Gasteiger partial charge in [0.05, 0.1) is 44.0 Å². The highest BCUT2D eigenvalue weighted by Crippen LogP contribution is 2.43. The average molecular weight is 623 g/mol. The monoisotopic (exact) mass is 621 g/mol. The molecule has 11 heteroatoms. The second-order valence-electron chi connectivity index (χ2n) is 10.6. The minimum Gasteiger partial charge on any atom is -0.490 e. The fraction of sp³-hybridized carbons (Fsp3) is 0.483. The molecule has 2 N–H and O–H groups in total. The van der Waals surface area contributed by atoms with E-state index >= 15 is 4.39 Å². The van der Waals surface area contributed by atoms with Crippen molar-refractivity contribution in [2.75, 3.05) is 44.4 Å². The van der Waals surface area contributed by atoms with Gasteiger partial charge in [-0.15, -0.1) is 17.0 Å². The predicted octanol–water partition coefficient (Wildman–Crippen LogP) is 5.20. The van der Waals surface area contributed by atoms with Crippen molar-refractivity contribution in [1.82, 2.24) is 4.90 Å². The fourth-order valence-electron chi connectivity index (χ4n) is 4.98. The van der Waals surface area contributed by atoms with Gasteiger partial charge >= 0.3 is 5.97 Å². The molecule has 0 aliphatic carbocycles. The zero-order valence-electron chi connectivity index (χ0n) is 23.6. The number of ether oxygens (including phenoxy) is 3. The van der Waals surface area contributed by atoms with Crippen molar-refractivity contribution in [2.45, 2.75) is 53.0 Å². The topological polar surface area (TPSA) is 112 Å². The third-order valence-electron chi connectivity index (χ3n) is 6.85. The normalized spacial score (nSPS) is 14.2. The summed E-state index contributed by atoms with van der Waals surface area (Å²) in [6.07, 6.45) is -0.0370. The molecule has 0 atom stereocenters. The van der Waals surface area contributed by atoms with E-state index in [2.05, 4.69) is 0 Å². The number of hydrogen-bond donors (Lipinski definition) is 2. The van der Waals surface area contributed by atoms with Gasteiger partial charge in [-0.25, -0.2) is 4.39 Å². The molecule has 0 spiro atoms. The SMILES string of the molecule is Br.CCOc1cc2c(c(F)c1OCC)C(=N)N(CC(=O)c1cc3c(c(C(C)(C)C)c1)OCCN3CCC(=O)O)C2. The Kier molecular flexibility index (Phi) is 9.71. The van der Waals surface area contributed by atoms with Gasteiger partial charge in [-0.1, -0.05) is 20.8 Å². The lowest BCUT2D eigenvalue weighted by Gasteiger charge is -2.35. The summed E-state index contributed by atoms with van der Waals surface area (Å²) in [7, 11) is 0. The number of nitrogens with one attached hydrogen (secondary N) is 1. The van der Waals surface area contributed by atoms with E-state index in [9.17, 15) is 14.7 Å². The van der Waals surface area contributed by atoms with Gasteiger partial charge in [0.15, 0.2) is 23.1 Å². The molecule has 9 nitrogen and oxygen atoms in total. The molecule has 0 saturated carbocycles. The Morgan fingerprint density at radius 3 is 2.45 bits per heavy atom. The van der Waals surface area contributed by atoms with Gasteiger partial charge < -0.3 is 29.1 Å². The lowest BCUT2D eigenvalue weighted by molar-refractivity contribution is -0.136. The number of carbonyl (C=O) groups excluding carboxylic acids is 1. The van der Waals surface area contributed by atoms with E-state index in [4.69, 9.17) is 19.6 Å². The third kappa shape index (κ3) is 6.19. The Bertz CT molecular complexity index is 1310. The van der Waals surface area contributed by atoms with Crippen molar-refractivity contribution in [3.63, 3.8) is 0 Å². The van der Waals surface area contributed by atoms with Crippen LogP contribution in [0.2, 0.25) is 0 Å². The van der Waals surface area contributed by atoms with Gasteiger partial charge in [-0.3, -0.25) is 15.0 Å². The first kappa shape index (κ1) is 31.2.